The summed E-state index contributed by atoms with van der Waals surface area (Å²) in [5.74, 6) is -3.69. The van der Waals surface area contributed by atoms with Crippen LogP contribution in [0.3, 0.4) is 0 Å². The summed E-state index contributed by atoms with van der Waals surface area (Å²) in [7, 11) is 0. The monoisotopic (exact) mass is 188 g/mol. The van der Waals surface area contributed by atoms with Gasteiger partial charge in [-0.05, 0) is 11.1 Å². The number of hydrogen-bond acceptors (Lipinski definition) is 1. The van der Waals surface area contributed by atoms with Gasteiger partial charge in [0.15, 0.2) is 6.17 Å². The number of aliphatic hydroxyl groups excluding tert-OH is 1. The van der Waals surface area contributed by atoms with Crippen LogP contribution in [0.5, 0.6) is 0 Å². The molecule has 1 aromatic carbocycles. The molecule has 0 fully saturated rings. The minimum absolute atomic E-state index is 0.0139. The highest BCUT2D eigenvalue weighted by molar-refractivity contribution is 5.39. The van der Waals surface area contributed by atoms with Crippen LogP contribution in [0, 0.1) is 0 Å². The standard InChI is InChI=1S/C9H7F3O/c10-7-5-3-1-2-4-6(5)8(13)9(7,11)12/h1-4,7-8,13H. The molecular weight excluding hydrogens is 181 g/mol. The predicted molar refractivity (Wildman–Crippen MR) is 40.2 cm³/mol. The Labute approximate surface area is 72.8 Å². The van der Waals surface area contributed by atoms with E-state index < -0.39 is 18.2 Å². The molecule has 2 unspecified atom stereocenters. The number of halogens is 3. The van der Waals surface area contributed by atoms with Crippen molar-refractivity contribution in [3.63, 3.8) is 0 Å². The molecule has 2 rings (SSSR count). The quantitative estimate of drug-likeness (QED) is 0.662. The summed E-state index contributed by atoms with van der Waals surface area (Å²) in [6.45, 7) is 0. The van der Waals surface area contributed by atoms with Crippen molar-refractivity contribution in [2.45, 2.75) is 18.2 Å². The van der Waals surface area contributed by atoms with Crippen LogP contribution in [0.2, 0.25) is 0 Å². The first-order valence-electron chi connectivity index (χ1n) is 3.84. The Hall–Kier alpha value is -1.03. The van der Waals surface area contributed by atoms with Gasteiger partial charge < -0.3 is 5.11 Å². The Morgan fingerprint density at radius 2 is 1.69 bits per heavy atom. The summed E-state index contributed by atoms with van der Waals surface area (Å²) in [6.07, 6.45) is -4.41. The van der Waals surface area contributed by atoms with Crippen LogP contribution in [-0.4, -0.2) is 11.0 Å². The molecule has 1 aliphatic carbocycles. The molecule has 1 aromatic rings. The molecule has 0 bridgehead atoms. The number of aliphatic hydroxyl groups is 1. The lowest BCUT2D eigenvalue weighted by Gasteiger charge is -2.15. The molecule has 0 saturated heterocycles. The molecule has 0 aromatic heterocycles. The highest BCUT2D eigenvalue weighted by Crippen LogP contribution is 2.51. The van der Waals surface area contributed by atoms with E-state index in [-0.39, 0.29) is 11.1 Å². The smallest absolute Gasteiger partial charge is 0.312 e. The third-order valence-electron chi connectivity index (χ3n) is 2.27. The van der Waals surface area contributed by atoms with E-state index in [0.29, 0.717) is 0 Å². The molecule has 1 nitrogen and oxygen atoms in total. The second-order valence-corrected chi connectivity index (χ2v) is 3.07. The van der Waals surface area contributed by atoms with Crippen molar-refractivity contribution in [3.8, 4) is 0 Å². The summed E-state index contributed by atoms with van der Waals surface area (Å²) >= 11 is 0. The number of fused-ring (bicyclic) bond motifs is 1. The molecule has 0 amide bonds. The minimum atomic E-state index is -3.69. The average molecular weight is 188 g/mol. The fourth-order valence-electron chi connectivity index (χ4n) is 1.54. The van der Waals surface area contributed by atoms with Gasteiger partial charge in [0, 0.05) is 0 Å². The van der Waals surface area contributed by atoms with Gasteiger partial charge in [0.05, 0.1) is 0 Å². The first kappa shape index (κ1) is 8.56. The van der Waals surface area contributed by atoms with E-state index >= 15 is 0 Å². The Kier molecular flexibility index (Phi) is 1.63. The van der Waals surface area contributed by atoms with E-state index in [9.17, 15) is 13.2 Å². The van der Waals surface area contributed by atoms with Gasteiger partial charge in [0.2, 0.25) is 0 Å². The van der Waals surface area contributed by atoms with Crippen molar-refractivity contribution in [1.82, 2.24) is 0 Å². The lowest BCUT2D eigenvalue weighted by molar-refractivity contribution is -0.143. The third kappa shape index (κ3) is 0.983. The number of benzene rings is 1. The van der Waals surface area contributed by atoms with Gasteiger partial charge in [-0.3, -0.25) is 0 Å². The lowest BCUT2D eigenvalue weighted by Crippen LogP contribution is -2.24. The molecule has 0 saturated carbocycles. The number of rotatable bonds is 0. The molecule has 13 heavy (non-hydrogen) atoms. The van der Waals surface area contributed by atoms with Crippen LogP contribution < -0.4 is 0 Å². The largest absolute Gasteiger partial charge is 0.382 e. The summed E-state index contributed by atoms with van der Waals surface area (Å²) < 4.78 is 38.8. The maximum absolute atomic E-state index is 13.0. The average Bonchev–Trinajstić information content (AvgIpc) is 2.30. The second-order valence-electron chi connectivity index (χ2n) is 3.07. The molecule has 2 atom stereocenters. The topological polar surface area (TPSA) is 20.2 Å². The van der Waals surface area contributed by atoms with Crippen LogP contribution in [0.25, 0.3) is 0 Å². The van der Waals surface area contributed by atoms with Crippen molar-refractivity contribution in [1.29, 1.82) is 0 Å². The van der Waals surface area contributed by atoms with E-state index in [2.05, 4.69) is 0 Å². The van der Waals surface area contributed by atoms with Crippen LogP contribution >= 0.6 is 0 Å². The molecule has 1 aliphatic rings. The van der Waals surface area contributed by atoms with Gasteiger partial charge in [-0.2, -0.15) is 8.78 Å². The highest BCUT2D eigenvalue weighted by Gasteiger charge is 2.55. The fraction of sp³-hybridized carbons (Fsp3) is 0.333. The second kappa shape index (κ2) is 2.48. The Bertz CT molecular complexity index is 306. The van der Waals surface area contributed by atoms with E-state index in [4.69, 9.17) is 5.11 Å². The van der Waals surface area contributed by atoms with Crippen molar-refractivity contribution in [2.75, 3.05) is 0 Å². The van der Waals surface area contributed by atoms with Crippen LogP contribution in [0.15, 0.2) is 24.3 Å². The molecule has 4 heteroatoms. The molecule has 0 aliphatic heterocycles. The van der Waals surface area contributed by atoms with E-state index in [1.165, 1.54) is 24.3 Å². The molecule has 1 N–H and O–H groups in total. The van der Waals surface area contributed by atoms with Gasteiger partial charge in [-0.15, -0.1) is 0 Å². The molecule has 70 valence electrons. The van der Waals surface area contributed by atoms with Crippen molar-refractivity contribution in [2.24, 2.45) is 0 Å². The Balaban J connectivity index is 2.57. The third-order valence-corrected chi connectivity index (χ3v) is 2.27. The Morgan fingerprint density at radius 1 is 1.15 bits per heavy atom. The number of hydrogen-bond donors (Lipinski definition) is 1. The predicted octanol–water partition coefficient (Wildman–Crippen LogP) is 2.38. The van der Waals surface area contributed by atoms with Gasteiger partial charge >= 0.3 is 5.92 Å². The van der Waals surface area contributed by atoms with Gasteiger partial charge in [0.25, 0.3) is 0 Å². The summed E-state index contributed by atoms with van der Waals surface area (Å²) in [6, 6.07) is 5.55. The Morgan fingerprint density at radius 3 is 2.23 bits per heavy atom. The zero-order valence-corrected chi connectivity index (χ0v) is 6.55. The van der Waals surface area contributed by atoms with E-state index in [1.54, 1.807) is 0 Å². The normalized spacial score (nSPS) is 30.2. The van der Waals surface area contributed by atoms with E-state index in [1.807, 2.05) is 0 Å². The molecule has 0 heterocycles. The minimum Gasteiger partial charge on any atom is -0.382 e. The summed E-state index contributed by atoms with van der Waals surface area (Å²) in [5, 5.41) is 9.09. The van der Waals surface area contributed by atoms with Crippen LogP contribution in [0.4, 0.5) is 13.2 Å². The van der Waals surface area contributed by atoms with Crippen LogP contribution in [0.1, 0.15) is 23.4 Å². The zero-order valence-electron chi connectivity index (χ0n) is 6.55. The molecule has 0 spiro atoms. The van der Waals surface area contributed by atoms with E-state index in [0.717, 1.165) is 0 Å². The van der Waals surface area contributed by atoms with Crippen molar-refractivity contribution >= 4 is 0 Å². The first-order chi connectivity index (χ1) is 6.05. The number of alkyl halides is 3. The maximum Gasteiger partial charge on any atom is 0.312 e. The lowest BCUT2D eigenvalue weighted by atomic mass is 10.1. The summed E-state index contributed by atoms with van der Waals surface area (Å²) in [4.78, 5) is 0. The summed E-state index contributed by atoms with van der Waals surface area (Å²) in [5.41, 5.74) is -0.125. The van der Waals surface area contributed by atoms with Gasteiger partial charge in [-0.25, -0.2) is 4.39 Å². The molecular formula is C9H7F3O. The fourth-order valence-corrected chi connectivity index (χ4v) is 1.54. The van der Waals surface area contributed by atoms with Crippen molar-refractivity contribution in [3.05, 3.63) is 35.4 Å². The van der Waals surface area contributed by atoms with Gasteiger partial charge in [-0.1, -0.05) is 24.3 Å². The molecule has 0 radical (unpaired) electrons. The maximum atomic E-state index is 13.0. The first-order valence-corrected chi connectivity index (χ1v) is 3.84. The zero-order chi connectivity index (χ0) is 9.64. The van der Waals surface area contributed by atoms with Crippen LogP contribution in [-0.2, 0) is 0 Å². The van der Waals surface area contributed by atoms with Crippen molar-refractivity contribution < 1.29 is 18.3 Å². The van der Waals surface area contributed by atoms with Gasteiger partial charge in [0.1, 0.15) is 6.10 Å². The highest BCUT2D eigenvalue weighted by atomic mass is 19.3. The SMILES string of the molecule is OC1c2ccccc2C(F)C1(F)F.